The molecule has 0 fully saturated rings. The van der Waals surface area contributed by atoms with E-state index in [1.165, 1.54) is 0 Å². The number of rotatable bonds is 8. The lowest BCUT2D eigenvalue weighted by molar-refractivity contribution is -0.174. The van der Waals surface area contributed by atoms with Crippen molar-refractivity contribution < 1.29 is 27.5 Å². The van der Waals surface area contributed by atoms with Gasteiger partial charge in [-0.25, -0.2) is 9.97 Å². The van der Waals surface area contributed by atoms with Crippen LogP contribution in [-0.2, 0) is 14.3 Å². The quantitative estimate of drug-likeness (QED) is 0.569. The van der Waals surface area contributed by atoms with E-state index in [1.54, 1.807) is 19.9 Å². The number of carbonyl (C=O) groups is 2. The van der Waals surface area contributed by atoms with E-state index in [-0.39, 0.29) is 25.3 Å². The van der Waals surface area contributed by atoms with Gasteiger partial charge in [-0.05, 0) is 32.8 Å². The fourth-order valence-corrected chi connectivity index (χ4v) is 2.08. The number of hydrogen-bond donors (Lipinski definition) is 1. The second-order valence-corrected chi connectivity index (χ2v) is 5.65. The van der Waals surface area contributed by atoms with Gasteiger partial charge in [0.05, 0.1) is 12.6 Å². The molecule has 0 saturated heterocycles. The summed E-state index contributed by atoms with van der Waals surface area (Å²) in [6.45, 7) is 5.53. The molecule has 0 radical (unpaired) electrons. The second kappa shape index (κ2) is 9.33. The highest BCUT2D eigenvalue weighted by Crippen LogP contribution is 2.21. The van der Waals surface area contributed by atoms with Crippen molar-refractivity contribution in [2.24, 2.45) is 0 Å². The zero-order valence-corrected chi connectivity index (χ0v) is 14.4. The molecule has 0 aromatic carbocycles. The maximum absolute atomic E-state index is 12.5. The van der Waals surface area contributed by atoms with Gasteiger partial charge in [-0.3, -0.25) is 9.59 Å². The van der Waals surface area contributed by atoms with Crippen LogP contribution in [0.15, 0.2) is 6.07 Å². The van der Waals surface area contributed by atoms with Crippen molar-refractivity contribution in [3.05, 3.63) is 23.3 Å². The minimum atomic E-state index is -5.03. The van der Waals surface area contributed by atoms with Crippen LogP contribution in [0.25, 0.3) is 0 Å². The van der Waals surface area contributed by atoms with Gasteiger partial charge in [-0.15, -0.1) is 0 Å². The third-order valence-electron chi connectivity index (χ3n) is 3.27. The third kappa shape index (κ3) is 7.49. The lowest BCUT2D eigenvalue weighted by Gasteiger charge is -2.19. The van der Waals surface area contributed by atoms with Crippen molar-refractivity contribution in [2.75, 3.05) is 6.61 Å². The zero-order chi connectivity index (χ0) is 19.0. The number of amides is 1. The molecule has 1 amide bonds. The number of nitrogens with zero attached hydrogens (tertiary/aromatic N) is 2. The molecule has 0 aliphatic heterocycles. The van der Waals surface area contributed by atoms with E-state index in [1.807, 2.05) is 12.2 Å². The summed E-state index contributed by atoms with van der Waals surface area (Å²) in [5.41, 5.74) is 1.11. The highest BCUT2D eigenvalue weighted by molar-refractivity contribution is 5.82. The summed E-state index contributed by atoms with van der Waals surface area (Å²) in [6.07, 6.45) is -3.70. The Bertz CT molecular complexity index is 586. The lowest BCUT2D eigenvalue weighted by atomic mass is 10.1. The number of unbranched alkanes of at least 4 members (excludes halogenated alkanes) is 1. The standard InChI is InChI=1S/C16H22F3N3O3/c1-4-5-8-25-13(23)7-6-12(22-15(24)16(17,18)19)14-20-10(2)9-11(3)21-14/h9,12H,4-8H2,1-3H3,(H,22,24). The molecule has 1 aromatic rings. The Morgan fingerprint density at radius 2 is 1.84 bits per heavy atom. The summed E-state index contributed by atoms with van der Waals surface area (Å²) >= 11 is 0. The number of ether oxygens (including phenoxy) is 1. The number of aryl methyl sites for hydroxylation is 2. The summed E-state index contributed by atoms with van der Waals surface area (Å²) in [6, 6.07) is 0.525. The van der Waals surface area contributed by atoms with Gasteiger partial charge in [0.2, 0.25) is 0 Å². The number of nitrogens with one attached hydrogen (secondary N) is 1. The minimum Gasteiger partial charge on any atom is -0.466 e. The van der Waals surface area contributed by atoms with Gasteiger partial charge in [-0.2, -0.15) is 13.2 Å². The Balaban J connectivity index is 2.84. The third-order valence-corrected chi connectivity index (χ3v) is 3.27. The van der Waals surface area contributed by atoms with Crippen LogP contribution in [0.1, 0.15) is 55.9 Å². The van der Waals surface area contributed by atoms with E-state index < -0.39 is 24.1 Å². The molecule has 0 aliphatic carbocycles. The largest absolute Gasteiger partial charge is 0.471 e. The van der Waals surface area contributed by atoms with Gasteiger partial charge >= 0.3 is 18.1 Å². The van der Waals surface area contributed by atoms with Crippen LogP contribution >= 0.6 is 0 Å². The van der Waals surface area contributed by atoms with E-state index in [0.717, 1.165) is 6.42 Å². The molecule has 1 rings (SSSR count). The number of halogens is 3. The Kier molecular flexibility index (Phi) is 7.79. The molecular weight excluding hydrogens is 339 g/mol. The van der Waals surface area contributed by atoms with Crippen LogP contribution in [0.5, 0.6) is 0 Å². The first-order valence-electron chi connectivity index (χ1n) is 7.99. The molecular formula is C16H22F3N3O3. The summed E-state index contributed by atoms with van der Waals surface area (Å²) in [5, 5.41) is 1.85. The SMILES string of the molecule is CCCCOC(=O)CCC(NC(=O)C(F)(F)F)c1nc(C)cc(C)n1. The maximum atomic E-state index is 12.5. The summed E-state index contributed by atoms with van der Waals surface area (Å²) in [4.78, 5) is 31.1. The van der Waals surface area contributed by atoms with Crippen molar-refractivity contribution in [1.29, 1.82) is 0 Å². The highest BCUT2D eigenvalue weighted by atomic mass is 19.4. The molecule has 1 N–H and O–H groups in total. The van der Waals surface area contributed by atoms with Crippen LogP contribution in [-0.4, -0.2) is 34.6 Å². The molecule has 1 atom stereocenters. The summed E-state index contributed by atoms with van der Waals surface area (Å²) < 4.78 is 42.6. The number of carbonyl (C=O) groups excluding carboxylic acids is 2. The van der Waals surface area contributed by atoms with E-state index in [0.29, 0.717) is 17.8 Å². The highest BCUT2D eigenvalue weighted by Gasteiger charge is 2.40. The molecule has 140 valence electrons. The number of hydrogen-bond acceptors (Lipinski definition) is 5. The number of aromatic nitrogens is 2. The van der Waals surface area contributed by atoms with Gasteiger partial charge in [-0.1, -0.05) is 13.3 Å². The van der Waals surface area contributed by atoms with Crippen LogP contribution in [0.4, 0.5) is 13.2 Å². The smallest absolute Gasteiger partial charge is 0.466 e. The molecule has 0 bridgehead atoms. The average molecular weight is 361 g/mol. The molecule has 0 aliphatic rings. The molecule has 6 nitrogen and oxygen atoms in total. The molecule has 1 heterocycles. The number of alkyl halides is 3. The van der Waals surface area contributed by atoms with Gasteiger partial charge in [0.15, 0.2) is 5.82 Å². The molecule has 1 unspecified atom stereocenters. The van der Waals surface area contributed by atoms with Gasteiger partial charge in [0.1, 0.15) is 0 Å². The summed E-state index contributed by atoms with van der Waals surface area (Å²) in [5.74, 6) is -2.60. The van der Waals surface area contributed by atoms with E-state index in [4.69, 9.17) is 4.74 Å². The second-order valence-electron chi connectivity index (χ2n) is 5.65. The van der Waals surface area contributed by atoms with E-state index >= 15 is 0 Å². The van der Waals surface area contributed by atoms with E-state index in [9.17, 15) is 22.8 Å². The zero-order valence-electron chi connectivity index (χ0n) is 14.4. The van der Waals surface area contributed by atoms with Crippen LogP contribution in [0, 0.1) is 13.8 Å². The number of esters is 1. The Labute approximate surface area is 144 Å². The van der Waals surface area contributed by atoms with Crippen LogP contribution in [0.3, 0.4) is 0 Å². The topological polar surface area (TPSA) is 81.2 Å². The Morgan fingerprint density at radius 1 is 1.24 bits per heavy atom. The average Bonchev–Trinajstić information content (AvgIpc) is 2.49. The molecule has 0 saturated carbocycles. The normalized spacial score (nSPS) is 12.6. The van der Waals surface area contributed by atoms with Crippen molar-refractivity contribution >= 4 is 11.9 Å². The fraction of sp³-hybridized carbons (Fsp3) is 0.625. The first-order chi connectivity index (χ1) is 11.6. The monoisotopic (exact) mass is 361 g/mol. The van der Waals surface area contributed by atoms with Crippen molar-refractivity contribution in [3.63, 3.8) is 0 Å². The van der Waals surface area contributed by atoms with Crippen molar-refractivity contribution in [1.82, 2.24) is 15.3 Å². The Hall–Kier alpha value is -2.19. The van der Waals surface area contributed by atoms with Gasteiger partial charge in [0, 0.05) is 17.8 Å². The molecule has 25 heavy (non-hydrogen) atoms. The molecule has 0 spiro atoms. The van der Waals surface area contributed by atoms with Crippen molar-refractivity contribution in [2.45, 2.75) is 58.7 Å². The fourth-order valence-electron chi connectivity index (χ4n) is 2.08. The molecule has 9 heteroatoms. The minimum absolute atomic E-state index is 0.0384. The van der Waals surface area contributed by atoms with E-state index in [2.05, 4.69) is 9.97 Å². The first kappa shape index (κ1) is 20.9. The predicted molar refractivity (Wildman–Crippen MR) is 83.5 cm³/mol. The first-order valence-corrected chi connectivity index (χ1v) is 7.99. The summed E-state index contributed by atoms with van der Waals surface area (Å²) in [7, 11) is 0. The van der Waals surface area contributed by atoms with Gasteiger partial charge in [0.25, 0.3) is 0 Å². The lowest BCUT2D eigenvalue weighted by Crippen LogP contribution is -2.40. The molecule has 1 aromatic heterocycles. The van der Waals surface area contributed by atoms with Crippen LogP contribution in [0.2, 0.25) is 0 Å². The Morgan fingerprint density at radius 3 is 2.36 bits per heavy atom. The maximum Gasteiger partial charge on any atom is 0.471 e. The van der Waals surface area contributed by atoms with Crippen molar-refractivity contribution in [3.8, 4) is 0 Å². The van der Waals surface area contributed by atoms with Crippen LogP contribution < -0.4 is 5.32 Å². The van der Waals surface area contributed by atoms with Gasteiger partial charge < -0.3 is 10.1 Å². The predicted octanol–water partition coefficient (Wildman–Crippen LogP) is 2.94.